The molecular weight excluding hydrogens is 330 g/mol. The summed E-state index contributed by atoms with van der Waals surface area (Å²) in [5, 5.41) is 8.21. The van der Waals surface area contributed by atoms with Crippen molar-refractivity contribution in [2.45, 2.75) is 26.4 Å². The van der Waals surface area contributed by atoms with Crippen LogP contribution in [0.1, 0.15) is 25.0 Å². The summed E-state index contributed by atoms with van der Waals surface area (Å²) in [6.07, 6.45) is 0. The fourth-order valence-corrected chi connectivity index (χ4v) is 2.71. The van der Waals surface area contributed by atoms with Crippen molar-refractivity contribution in [2.75, 3.05) is 13.2 Å². The molecule has 2 aromatic rings. The van der Waals surface area contributed by atoms with Crippen LogP contribution in [0.3, 0.4) is 0 Å². The Hall–Kier alpha value is -2.70. The fraction of sp³-hybridized carbons (Fsp3) is 0.300. The predicted octanol–water partition coefficient (Wildman–Crippen LogP) is 4.27. The fourth-order valence-electron chi connectivity index (χ4n) is 2.71. The minimum Gasteiger partial charge on any atom is -0.484 e. The summed E-state index contributed by atoms with van der Waals surface area (Å²) in [7, 11) is 0. The van der Waals surface area contributed by atoms with Gasteiger partial charge in [-0.3, -0.25) is 5.43 Å². The summed E-state index contributed by atoms with van der Waals surface area (Å²) in [6.45, 7) is 4.94. The van der Waals surface area contributed by atoms with E-state index in [1.54, 1.807) is 0 Å². The normalized spacial score (nSPS) is 15.6. The van der Waals surface area contributed by atoms with Gasteiger partial charge in [-0.25, -0.2) is 0 Å². The standard InChI is InChI=1S/C20H23N3O3/c1-3-25-20(26-4-2)19(24-15-16-11-7-5-8-12-16)18(21-23-22-20)17-13-9-6-10-14-17/h5-14H,3-4,15H2,1-2H3,(H,21,22). The van der Waals surface area contributed by atoms with Crippen molar-refractivity contribution in [3.63, 3.8) is 0 Å². The second kappa shape index (κ2) is 8.60. The summed E-state index contributed by atoms with van der Waals surface area (Å²) in [5.74, 6) is -0.930. The molecule has 6 heteroatoms. The van der Waals surface area contributed by atoms with Gasteiger partial charge in [0.05, 0.1) is 0 Å². The molecule has 0 radical (unpaired) electrons. The smallest absolute Gasteiger partial charge is 0.352 e. The summed E-state index contributed by atoms with van der Waals surface area (Å²) in [5.41, 5.74) is 5.58. The van der Waals surface area contributed by atoms with E-state index in [-0.39, 0.29) is 0 Å². The molecule has 0 aliphatic carbocycles. The zero-order chi connectivity index (χ0) is 18.2. The average Bonchev–Trinajstić information content (AvgIpc) is 2.69. The van der Waals surface area contributed by atoms with Gasteiger partial charge in [-0.1, -0.05) is 71.0 Å². The molecule has 136 valence electrons. The summed E-state index contributed by atoms with van der Waals surface area (Å²) >= 11 is 0. The Labute approximate surface area is 153 Å². The van der Waals surface area contributed by atoms with E-state index in [4.69, 9.17) is 14.2 Å². The molecule has 0 bridgehead atoms. The van der Waals surface area contributed by atoms with Crippen LogP contribution in [0.2, 0.25) is 0 Å². The summed E-state index contributed by atoms with van der Waals surface area (Å²) in [4.78, 5) is 0. The molecule has 2 aromatic carbocycles. The highest BCUT2D eigenvalue weighted by Gasteiger charge is 2.44. The van der Waals surface area contributed by atoms with E-state index < -0.39 is 5.91 Å². The summed E-state index contributed by atoms with van der Waals surface area (Å²) < 4.78 is 17.9. The molecule has 1 aliphatic rings. The molecule has 1 aliphatic heterocycles. The lowest BCUT2D eigenvalue weighted by Gasteiger charge is -2.33. The van der Waals surface area contributed by atoms with Crippen LogP contribution in [-0.4, -0.2) is 19.1 Å². The van der Waals surface area contributed by atoms with Gasteiger partial charge < -0.3 is 14.2 Å². The molecule has 0 amide bonds. The van der Waals surface area contributed by atoms with Crippen molar-refractivity contribution in [3.05, 3.63) is 77.5 Å². The molecule has 26 heavy (non-hydrogen) atoms. The molecule has 1 N–H and O–H groups in total. The molecule has 0 aromatic heterocycles. The topological polar surface area (TPSA) is 64.4 Å². The third kappa shape index (κ3) is 3.92. The van der Waals surface area contributed by atoms with Crippen LogP contribution in [0, 0.1) is 0 Å². The van der Waals surface area contributed by atoms with Crippen molar-refractivity contribution >= 4 is 5.70 Å². The maximum atomic E-state index is 6.17. The minimum atomic E-state index is -1.39. The first-order valence-corrected chi connectivity index (χ1v) is 8.71. The van der Waals surface area contributed by atoms with Crippen LogP contribution in [0.4, 0.5) is 0 Å². The monoisotopic (exact) mass is 353 g/mol. The molecule has 0 saturated carbocycles. The van der Waals surface area contributed by atoms with Gasteiger partial charge >= 0.3 is 5.91 Å². The Bertz CT molecular complexity index is 754. The van der Waals surface area contributed by atoms with E-state index in [2.05, 4.69) is 15.8 Å². The number of hydrogen-bond donors (Lipinski definition) is 1. The van der Waals surface area contributed by atoms with Crippen molar-refractivity contribution in [1.82, 2.24) is 5.43 Å². The van der Waals surface area contributed by atoms with Crippen LogP contribution in [0.5, 0.6) is 0 Å². The van der Waals surface area contributed by atoms with Crippen LogP contribution in [-0.2, 0) is 20.8 Å². The number of ether oxygens (including phenoxy) is 3. The van der Waals surface area contributed by atoms with Gasteiger partial charge in [0.15, 0.2) is 0 Å². The predicted molar refractivity (Wildman–Crippen MR) is 98.6 cm³/mol. The highest BCUT2D eigenvalue weighted by atomic mass is 16.7. The third-order valence-electron chi connectivity index (χ3n) is 3.83. The molecule has 0 unspecified atom stereocenters. The van der Waals surface area contributed by atoms with Crippen LogP contribution in [0.25, 0.3) is 5.70 Å². The largest absolute Gasteiger partial charge is 0.484 e. The van der Waals surface area contributed by atoms with Crippen molar-refractivity contribution < 1.29 is 14.2 Å². The summed E-state index contributed by atoms with van der Waals surface area (Å²) in [6, 6.07) is 19.7. The van der Waals surface area contributed by atoms with Gasteiger partial charge in [0.1, 0.15) is 12.3 Å². The Morgan fingerprint density at radius 1 is 0.885 bits per heavy atom. The minimum absolute atomic E-state index is 0.367. The van der Waals surface area contributed by atoms with E-state index in [1.165, 1.54) is 0 Å². The SMILES string of the molecule is CCOC1(OCC)N=NNC(c2ccccc2)=C1OCc1ccccc1. The number of rotatable bonds is 8. The van der Waals surface area contributed by atoms with Gasteiger partial charge in [-0.15, -0.1) is 0 Å². The first-order chi connectivity index (χ1) is 12.8. The Balaban J connectivity index is 2.01. The second-order valence-corrected chi connectivity index (χ2v) is 5.60. The molecule has 3 rings (SSSR count). The number of hydrogen-bond acceptors (Lipinski definition) is 6. The van der Waals surface area contributed by atoms with Gasteiger partial charge in [0, 0.05) is 18.8 Å². The molecule has 0 atom stereocenters. The maximum Gasteiger partial charge on any atom is 0.352 e. The Morgan fingerprint density at radius 2 is 1.50 bits per heavy atom. The molecule has 1 heterocycles. The van der Waals surface area contributed by atoms with Crippen molar-refractivity contribution in [2.24, 2.45) is 10.3 Å². The zero-order valence-corrected chi connectivity index (χ0v) is 15.0. The van der Waals surface area contributed by atoms with Crippen LogP contribution >= 0.6 is 0 Å². The zero-order valence-electron chi connectivity index (χ0n) is 15.0. The Kier molecular flexibility index (Phi) is 5.99. The lowest BCUT2D eigenvalue weighted by atomic mass is 10.1. The quantitative estimate of drug-likeness (QED) is 0.720. The Morgan fingerprint density at radius 3 is 2.12 bits per heavy atom. The molecule has 0 spiro atoms. The highest BCUT2D eigenvalue weighted by molar-refractivity contribution is 5.67. The lowest BCUT2D eigenvalue weighted by Crippen LogP contribution is -2.41. The van der Waals surface area contributed by atoms with E-state index in [1.807, 2.05) is 74.5 Å². The van der Waals surface area contributed by atoms with Gasteiger partial charge in [-0.05, 0) is 19.4 Å². The van der Waals surface area contributed by atoms with Crippen molar-refractivity contribution in [1.29, 1.82) is 0 Å². The van der Waals surface area contributed by atoms with Crippen LogP contribution < -0.4 is 5.43 Å². The van der Waals surface area contributed by atoms with E-state index >= 15 is 0 Å². The average molecular weight is 353 g/mol. The molecular formula is C20H23N3O3. The van der Waals surface area contributed by atoms with Crippen molar-refractivity contribution in [3.8, 4) is 0 Å². The van der Waals surface area contributed by atoms with Gasteiger partial charge in [0.2, 0.25) is 5.76 Å². The highest BCUT2D eigenvalue weighted by Crippen LogP contribution is 2.35. The van der Waals surface area contributed by atoms with E-state index in [0.717, 1.165) is 11.1 Å². The number of benzene rings is 2. The third-order valence-corrected chi connectivity index (χ3v) is 3.83. The van der Waals surface area contributed by atoms with E-state index in [0.29, 0.717) is 31.3 Å². The van der Waals surface area contributed by atoms with E-state index in [9.17, 15) is 0 Å². The van der Waals surface area contributed by atoms with Gasteiger partial charge in [-0.2, -0.15) is 0 Å². The van der Waals surface area contributed by atoms with Gasteiger partial charge in [0.25, 0.3) is 0 Å². The second-order valence-electron chi connectivity index (χ2n) is 5.60. The molecule has 6 nitrogen and oxygen atoms in total. The first kappa shape index (κ1) is 18.1. The maximum absolute atomic E-state index is 6.17. The lowest BCUT2D eigenvalue weighted by molar-refractivity contribution is -0.229. The number of nitrogens with one attached hydrogen (secondary N) is 1. The molecule has 0 fully saturated rings. The van der Waals surface area contributed by atoms with Crippen LogP contribution in [0.15, 0.2) is 76.8 Å². The molecule has 0 saturated heterocycles. The first-order valence-electron chi connectivity index (χ1n) is 8.71. The number of nitrogens with zero attached hydrogens (tertiary/aromatic N) is 2.